The van der Waals surface area contributed by atoms with E-state index in [4.69, 9.17) is 20.2 Å². The third-order valence-corrected chi connectivity index (χ3v) is 13.4. The first-order valence-corrected chi connectivity index (χ1v) is 23.7. The third-order valence-electron chi connectivity index (χ3n) is 13.4. The quantitative estimate of drug-likeness (QED) is 0.114. The highest BCUT2D eigenvalue weighted by Gasteiger charge is 2.32. The summed E-state index contributed by atoms with van der Waals surface area (Å²) in [7, 11) is 1.92. The van der Waals surface area contributed by atoms with Gasteiger partial charge in [0.2, 0.25) is 11.8 Å². The van der Waals surface area contributed by atoms with Crippen molar-refractivity contribution < 1.29 is 14.3 Å². The number of aryl methyl sites for hydroxylation is 1. The van der Waals surface area contributed by atoms with Crippen LogP contribution in [0.5, 0.6) is 0 Å². The fourth-order valence-corrected chi connectivity index (χ4v) is 9.77. The van der Waals surface area contributed by atoms with E-state index in [0.717, 1.165) is 131 Å². The van der Waals surface area contributed by atoms with Gasteiger partial charge in [0, 0.05) is 160 Å². The van der Waals surface area contributed by atoms with Gasteiger partial charge in [0.15, 0.2) is 0 Å². The van der Waals surface area contributed by atoms with Gasteiger partial charge in [0.05, 0.1) is 30.2 Å². The Morgan fingerprint density at radius 1 is 0.821 bits per heavy atom. The number of amidine groups is 1. The van der Waals surface area contributed by atoms with Gasteiger partial charge in [0.25, 0.3) is 0 Å². The molecule has 0 atom stereocenters. The summed E-state index contributed by atoms with van der Waals surface area (Å²) in [6.45, 7) is 16.5. The van der Waals surface area contributed by atoms with Crippen LogP contribution in [-0.2, 0) is 40.8 Å². The fraction of sp³-hybridized carbons (Fsp3) is 0.423. The minimum atomic E-state index is 0.0619. The van der Waals surface area contributed by atoms with Crippen molar-refractivity contribution in [3.05, 3.63) is 107 Å². The summed E-state index contributed by atoms with van der Waals surface area (Å²) >= 11 is 0. The second-order valence-electron chi connectivity index (χ2n) is 18.8. The molecule has 1 saturated heterocycles. The van der Waals surface area contributed by atoms with Crippen LogP contribution in [0.15, 0.2) is 84.7 Å². The third kappa shape index (κ3) is 9.47. The highest BCUT2D eigenvalue weighted by atomic mass is 16.5. The maximum Gasteiger partial charge on any atom is 0.219 e. The van der Waals surface area contributed by atoms with E-state index in [2.05, 4.69) is 100 Å². The molecule has 0 saturated carbocycles. The number of carbonyl (C=O) groups excluding carboxylic acids is 2. The lowest BCUT2D eigenvalue weighted by Gasteiger charge is -2.34. The molecule has 0 spiro atoms. The van der Waals surface area contributed by atoms with Crippen LogP contribution in [0.3, 0.4) is 0 Å². The molecule has 10 rings (SSSR count). The van der Waals surface area contributed by atoms with Crippen molar-refractivity contribution in [2.24, 2.45) is 7.05 Å². The first kappa shape index (κ1) is 45.4. The normalized spacial score (nSPS) is 16.3. The van der Waals surface area contributed by atoms with E-state index in [0.29, 0.717) is 37.6 Å². The first-order valence-electron chi connectivity index (χ1n) is 23.7. The Morgan fingerprint density at radius 2 is 1.57 bits per heavy atom. The van der Waals surface area contributed by atoms with E-state index in [9.17, 15) is 9.59 Å². The Balaban J connectivity index is 0.000000172. The van der Waals surface area contributed by atoms with Crippen molar-refractivity contribution in [2.75, 3.05) is 44.3 Å². The van der Waals surface area contributed by atoms with Gasteiger partial charge >= 0.3 is 0 Å². The summed E-state index contributed by atoms with van der Waals surface area (Å²) in [6.07, 6.45) is 13.9. The van der Waals surface area contributed by atoms with Crippen LogP contribution in [0.25, 0.3) is 44.4 Å². The van der Waals surface area contributed by atoms with Crippen LogP contribution >= 0.6 is 0 Å². The molecular formula is C52H62N12O3. The number of nitrogens with one attached hydrogen (secondary N) is 2. The molecule has 4 aliphatic heterocycles. The number of anilines is 1. The van der Waals surface area contributed by atoms with Crippen molar-refractivity contribution in [2.45, 2.75) is 98.2 Å². The molecule has 0 aliphatic carbocycles. The summed E-state index contributed by atoms with van der Waals surface area (Å²) in [6, 6.07) is 15.4. The Morgan fingerprint density at radius 3 is 2.27 bits per heavy atom. The topological polar surface area (TPSA) is 163 Å². The zero-order valence-corrected chi connectivity index (χ0v) is 39.8. The van der Waals surface area contributed by atoms with E-state index >= 15 is 0 Å². The Hall–Kier alpha value is -6.74. The zero-order chi connectivity index (χ0) is 46.9. The molecule has 2 N–H and O–H groups in total. The predicted octanol–water partition coefficient (Wildman–Crippen LogP) is 7.87. The number of amides is 2. The van der Waals surface area contributed by atoms with Crippen LogP contribution in [0.4, 0.5) is 5.69 Å². The minimum absolute atomic E-state index is 0.0619. The SMILES string of the molecule is CC(=O)N1CCC(NC(C)C)=C(C(=N)N2CCc3cc(-c4cnn(C)c4)ccc32)C1.CC(=O)N1CCc2c(c(-c3cccc4cc(-c5cnc(C(C)C)nc5)ncc34)nn2C2CCOCC2)C1. The number of carbonyl (C=O) groups is 2. The van der Waals surface area contributed by atoms with Crippen molar-refractivity contribution in [1.29, 1.82) is 5.41 Å². The monoisotopic (exact) mass is 903 g/mol. The van der Waals surface area contributed by atoms with Gasteiger partial charge < -0.3 is 24.8 Å². The highest BCUT2D eigenvalue weighted by molar-refractivity contribution is 6.10. The van der Waals surface area contributed by atoms with E-state index in [1.165, 1.54) is 11.3 Å². The van der Waals surface area contributed by atoms with Crippen LogP contribution in [0.2, 0.25) is 0 Å². The largest absolute Gasteiger partial charge is 0.386 e. The van der Waals surface area contributed by atoms with Gasteiger partial charge in [0.1, 0.15) is 11.7 Å². The van der Waals surface area contributed by atoms with Crippen LogP contribution in [-0.4, -0.2) is 107 Å². The number of aromatic nitrogens is 7. The number of hydrogen-bond acceptors (Lipinski definition) is 10. The van der Waals surface area contributed by atoms with Crippen molar-refractivity contribution in [3.8, 4) is 33.6 Å². The molecule has 0 radical (unpaired) electrons. The second-order valence-corrected chi connectivity index (χ2v) is 18.8. The lowest BCUT2D eigenvalue weighted by molar-refractivity contribution is -0.130. The second kappa shape index (κ2) is 19.2. The van der Waals surface area contributed by atoms with E-state index in [1.54, 1.807) is 13.8 Å². The molecule has 4 aromatic heterocycles. The zero-order valence-electron chi connectivity index (χ0n) is 39.8. The van der Waals surface area contributed by atoms with Gasteiger partial charge in [-0.2, -0.15) is 10.2 Å². The number of pyridine rings is 1. The Kier molecular flexibility index (Phi) is 13.0. The summed E-state index contributed by atoms with van der Waals surface area (Å²) in [4.78, 5) is 43.9. The molecule has 6 aromatic rings. The molecule has 15 heteroatoms. The molecule has 2 aromatic carbocycles. The summed E-state index contributed by atoms with van der Waals surface area (Å²) in [5.74, 6) is 1.78. The maximum absolute atomic E-state index is 12.3. The molecule has 0 unspecified atom stereocenters. The minimum Gasteiger partial charge on any atom is -0.386 e. The molecule has 4 aliphatic rings. The van der Waals surface area contributed by atoms with Crippen LogP contribution < -0.4 is 10.2 Å². The standard InChI is InChI=1S/C29H32N6O2.C23H30N6O/c1-18(2)29-31-14-21(15-32-29)26-13-20-5-4-6-23(24(20)16-30-26)28-25-17-34(19(3)36)10-7-27(25)35(33-28)22-8-11-37-12-9-22;1-15(2)26-21-8-9-28(16(3)30)14-20(21)23(24)29-10-7-18-11-17(5-6-22(18)29)19-12-25-27(4)13-19/h4-6,13-16,18,22H,7-12,17H2,1-3H3;5-6,11-13,15,24,26H,7-10,14H2,1-4H3. The molecule has 8 heterocycles. The molecule has 2 amide bonds. The smallest absolute Gasteiger partial charge is 0.219 e. The van der Waals surface area contributed by atoms with Gasteiger partial charge in [-0.1, -0.05) is 38.1 Å². The maximum atomic E-state index is 12.3. The van der Waals surface area contributed by atoms with Crippen molar-refractivity contribution in [1.82, 2.24) is 49.6 Å². The van der Waals surface area contributed by atoms with Crippen molar-refractivity contribution >= 4 is 34.1 Å². The van der Waals surface area contributed by atoms with Crippen molar-refractivity contribution in [3.63, 3.8) is 0 Å². The fourth-order valence-electron chi connectivity index (χ4n) is 9.77. The first-order chi connectivity index (χ1) is 32.3. The molecule has 67 heavy (non-hydrogen) atoms. The van der Waals surface area contributed by atoms with Gasteiger partial charge in [-0.25, -0.2) is 9.97 Å². The van der Waals surface area contributed by atoms with Gasteiger partial charge in [-0.3, -0.25) is 29.3 Å². The number of benzene rings is 2. The van der Waals surface area contributed by atoms with Crippen LogP contribution in [0, 0.1) is 5.41 Å². The summed E-state index contributed by atoms with van der Waals surface area (Å²) in [5, 5.41) is 24.1. The Bertz CT molecular complexity index is 2850. The molecule has 15 nitrogen and oxygen atoms in total. The van der Waals surface area contributed by atoms with Crippen LogP contribution in [0.1, 0.15) is 95.4 Å². The number of hydrogen-bond donors (Lipinski definition) is 2. The lowest BCUT2D eigenvalue weighted by atomic mass is 9.96. The number of fused-ring (bicyclic) bond motifs is 3. The predicted molar refractivity (Wildman–Crippen MR) is 262 cm³/mol. The summed E-state index contributed by atoms with van der Waals surface area (Å²) in [5.41, 5.74) is 12.8. The average molecular weight is 903 g/mol. The van der Waals surface area contributed by atoms with E-state index < -0.39 is 0 Å². The van der Waals surface area contributed by atoms with Gasteiger partial charge in [-0.15, -0.1) is 0 Å². The van der Waals surface area contributed by atoms with E-state index in [1.807, 2.05) is 52.5 Å². The van der Waals surface area contributed by atoms with Gasteiger partial charge in [-0.05, 0) is 67.8 Å². The molecule has 1 fully saturated rings. The molecule has 348 valence electrons. The number of nitrogens with zero attached hydrogens (tertiary/aromatic N) is 10. The average Bonchev–Trinajstić information content (AvgIpc) is 4.08. The highest BCUT2D eigenvalue weighted by Crippen LogP contribution is 2.38. The Labute approximate surface area is 392 Å². The van der Waals surface area contributed by atoms with E-state index in [-0.39, 0.29) is 17.7 Å². The molecular weight excluding hydrogens is 841 g/mol. The lowest BCUT2D eigenvalue weighted by Crippen LogP contribution is -2.44. The number of ether oxygens (including phenoxy) is 1. The number of rotatable bonds is 8. The molecule has 0 bridgehead atoms. The summed E-state index contributed by atoms with van der Waals surface area (Å²) < 4.78 is 9.66.